The molecule has 1 unspecified atom stereocenters. The van der Waals surface area contributed by atoms with Crippen molar-refractivity contribution in [3.05, 3.63) is 29.8 Å². The molecule has 0 fully saturated rings. The highest BCUT2D eigenvalue weighted by Crippen LogP contribution is 2.25. The minimum atomic E-state index is -0.135. The van der Waals surface area contributed by atoms with Gasteiger partial charge in [-0.3, -0.25) is 4.79 Å². The van der Waals surface area contributed by atoms with Gasteiger partial charge in [-0.05, 0) is 26.8 Å². The molecule has 1 rings (SSSR count). The maximum Gasteiger partial charge on any atom is 0.246 e. The van der Waals surface area contributed by atoms with Crippen LogP contribution in [-0.4, -0.2) is 25.7 Å². The van der Waals surface area contributed by atoms with Crippen LogP contribution >= 0.6 is 0 Å². The molecular formula is C14H21NO3. The second-order valence-electron chi connectivity index (χ2n) is 4.43. The Morgan fingerprint density at radius 1 is 1.28 bits per heavy atom. The predicted octanol–water partition coefficient (Wildman–Crippen LogP) is 2.30. The van der Waals surface area contributed by atoms with E-state index in [0.717, 1.165) is 11.3 Å². The van der Waals surface area contributed by atoms with E-state index in [-0.39, 0.29) is 24.7 Å². The van der Waals surface area contributed by atoms with Crippen molar-refractivity contribution in [2.45, 2.75) is 32.9 Å². The number of carbonyl (C=O) groups is 1. The van der Waals surface area contributed by atoms with E-state index in [1.165, 1.54) is 7.11 Å². The number of hydrogen-bond donors (Lipinski definition) is 1. The maximum atomic E-state index is 11.5. The molecule has 1 amide bonds. The summed E-state index contributed by atoms with van der Waals surface area (Å²) in [6.45, 7) is 5.95. The van der Waals surface area contributed by atoms with Gasteiger partial charge in [0.15, 0.2) is 0 Å². The van der Waals surface area contributed by atoms with Crippen LogP contribution in [0.25, 0.3) is 0 Å². The van der Waals surface area contributed by atoms with E-state index in [4.69, 9.17) is 9.47 Å². The van der Waals surface area contributed by atoms with Crippen molar-refractivity contribution in [3.63, 3.8) is 0 Å². The number of amides is 1. The molecule has 1 aromatic rings. The fourth-order valence-corrected chi connectivity index (χ4v) is 1.69. The van der Waals surface area contributed by atoms with Gasteiger partial charge < -0.3 is 14.8 Å². The van der Waals surface area contributed by atoms with Crippen LogP contribution in [0.1, 0.15) is 32.4 Å². The summed E-state index contributed by atoms with van der Waals surface area (Å²) in [7, 11) is 1.50. The summed E-state index contributed by atoms with van der Waals surface area (Å²) in [5.41, 5.74) is 0.968. The van der Waals surface area contributed by atoms with Gasteiger partial charge in [0, 0.05) is 12.7 Å². The number of methoxy groups -OCH3 is 1. The van der Waals surface area contributed by atoms with Gasteiger partial charge in [0.05, 0.1) is 12.1 Å². The Balaban J connectivity index is 2.78. The van der Waals surface area contributed by atoms with Crippen molar-refractivity contribution in [3.8, 4) is 5.75 Å². The number of para-hydroxylation sites is 1. The Kier molecular flexibility index (Phi) is 5.65. The fraction of sp³-hybridized carbons (Fsp3) is 0.500. The SMILES string of the molecule is COCC(=O)NC(C)c1ccccc1OC(C)C. The third kappa shape index (κ3) is 4.37. The van der Waals surface area contributed by atoms with Crippen LogP contribution in [0.15, 0.2) is 24.3 Å². The Hall–Kier alpha value is -1.55. The Labute approximate surface area is 108 Å². The third-order valence-electron chi connectivity index (χ3n) is 2.40. The molecule has 0 aliphatic carbocycles. The molecule has 1 N–H and O–H groups in total. The summed E-state index contributed by atoms with van der Waals surface area (Å²) in [5, 5.41) is 2.87. The average molecular weight is 251 g/mol. The van der Waals surface area contributed by atoms with Gasteiger partial charge in [0.1, 0.15) is 12.4 Å². The molecule has 100 valence electrons. The summed E-state index contributed by atoms with van der Waals surface area (Å²) in [5.74, 6) is 0.669. The molecule has 18 heavy (non-hydrogen) atoms. The van der Waals surface area contributed by atoms with Gasteiger partial charge in [-0.25, -0.2) is 0 Å². The van der Waals surface area contributed by atoms with E-state index in [9.17, 15) is 4.79 Å². The molecular weight excluding hydrogens is 230 g/mol. The largest absolute Gasteiger partial charge is 0.491 e. The Morgan fingerprint density at radius 2 is 1.94 bits per heavy atom. The first-order chi connectivity index (χ1) is 8.54. The lowest BCUT2D eigenvalue weighted by Crippen LogP contribution is -2.30. The minimum Gasteiger partial charge on any atom is -0.491 e. The normalized spacial score (nSPS) is 12.3. The molecule has 0 saturated heterocycles. The number of ether oxygens (including phenoxy) is 2. The van der Waals surface area contributed by atoms with Crippen LogP contribution in [0.2, 0.25) is 0 Å². The molecule has 1 atom stereocenters. The first kappa shape index (κ1) is 14.5. The predicted molar refractivity (Wildman–Crippen MR) is 70.6 cm³/mol. The molecule has 0 heterocycles. The highest BCUT2D eigenvalue weighted by molar-refractivity contribution is 5.77. The van der Waals surface area contributed by atoms with Crippen molar-refractivity contribution in [1.82, 2.24) is 5.32 Å². The third-order valence-corrected chi connectivity index (χ3v) is 2.40. The number of benzene rings is 1. The van der Waals surface area contributed by atoms with Gasteiger partial charge in [-0.15, -0.1) is 0 Å². The number of nitrogens with one attached hydrogen (secondary N) is 1. The van der Waals surface area contributed by atoms with E-state index in [1.807, 2.05) is 45.0 Å². The second kappa shape index (κ2) is 7.01. The second-order valence-corrected chi connectivity index (χ2v) is 4.43. The molecule has 4 heteroatoms. The average Bonchev–Trinajstić information content (AvgIpc) is 2.28. The van der Waals surface area contributed by atoms with E-state index in [0.29, 0.717) is 0 Å². The van der Waals surface area contributed by atoms with Crippen LogP contribution in [0.5, 0.6) is 5.75 Å². The molecule has 0 aliphatic rings. The standard InChI is InChI=1S/C14H21NO3/c1-10(2)18-13-8-6-5-7-12(13)11(3)15-14(16)9-17-4/h5-8,10-11H,9H2,1-4H3,(H,15,16). The quantitative estimate of drug-likeness (QED) is 0.844. The number of carbonyl (C=O) groups excluding carboxylic acids is 1. The van der Waals surface area contributed by atoms with Crippen molar-refractivity contribution >= 4 is 5.91 Å². The highest BCUT2D eigenvalue weighted by Gasteiger charge is 2.14. The lowest BCUT2D eigenvalue weighted by molar-refractivity contribution is -0.125. The zero-order chi connectivity index (χ0) is 13.5. The smallest absolute Gasteiger partial charge is 0.246 e. The topological polar surface area (TPSA) is 47.6 Å². The van der Waals surface area contributed by atoms with Crippen molar-refractivity contribution in [1.29, 1.82) is 0 Å². The van der Waals surface area contributed by atoms with Gasteiger partial charge in [-0.2, -0.15) is 0 Å². The van der Waals surface area contributed by atoms with E-state index < -0.39 is 0 Å². The first-order valence-corrected chi connectivity index (χ1v) is 6.08. The molecule has 0 aromatic heterocycles. The lowest BCUT2D eigenvalue weighted by Gasteiger charge is -2.19. The summed E-state index contributed by atoms with van der Waals surface area (Å²) >= 11 is 0. The number of rotatable bonds is 6. The Morgan fingerprint density at radius 3 is 2.56 bits per heavy atom. The first-order valence-electron chi connectivity index (χ1n) is 6.08. The van der Waals surface area contributed by atoms with Gasteiger partial charge >= 0.3 is 0 Å². The monoisotopic (exact) mass is 251 g/mol. The van der Waals surface area contributed by atoms with Gasteiger partial charge in [-0.1, -0.05) is 18.2 Å². The molecule has 0 radical (unpaired) electrons. The van der Waals surface area contributed by atoms with Crippen molar-refractivity contribution < 1.29 is 14.3 Å². The zero-order valence-corrected chi connectivity index (χ0v) is 11.4. The summed E-state index contributed by atoms with van der Waals surface area (Å²) in [6, 6.07) is 7.61. The molecule has 0 spiro atoms. The van der Waals surface area contributed by atoms with Crippen molar-refractivity contribution in [2.75, 3.05) is 13.7 Å². The lowest BCUT2D eigenvalue weighted by atomic mass is 10.1. The van der Waals surface area contributed by atoms with E-state index in [1.54, 1.807) is 0 Å². The summed E-state index contributed by atoms with van der Waals surface area (Å²) < 4.78 is 10.5. The van der Waals surface area contributed by atoms with Crippen LogP contribution in [0.3, 0.4) is 0 Å². The van der Waals surface area contributed by atoms with E-state index >= 15 is 0 Å². The van der Waals surface area contributed by atoms with Gasteiger partial charge in [0.2, 0.25) is 5.91 Å². The molecule has 1 aromatic carbocycles. The van der Waals surface area contributed by atoms with Crippen LogP contribution in [-0.2, 0) is 9.53 Å². The fourth-order valence-electron chi connectivity index (χ4n) is 1.69. The van der Waals surface area contributed by atoms with Crippen molar-refractivity contribution in [2.24, 2.45) is 0 Å². The molecule has 0 saturated carbocycles. The van der Waals surface area contributed by atoms with Crippen LogP contribution in [0, 0.1) is 0 Å². The molecule has 4 nitrogen and oxygen atoms in total. The van der Waals surface area contributed by atoms with Gasteiger partial charge in [0.25, 0.3) is 0 Å². The zero-order valence-electron chi connectivity index (χ0n) is 11.4. The molecule has 0 aliphatic heterocycles. The summed E-state index contributed by atoms with van der Waals surface area (Å²) in [6.07, 6.45) is 0.105. The molecule has 0 bridgehead atoms. The van der Waals surface area contributed by atoms with Crippen LogP contribution < -0.4 is 10.1 Å². The Bertz CT molecular complexity index is 390. The van der Waals surface area contributed by atoms with Crippen LogP contribution in [0.4, 0.5) is 0 Å². The number of hydrogen-bond acceptors (Lipinski definition) is 3. The summed E-state index contributed by atoms with van der Waals surface area (Å²) in [4.78, 5) is 11.5. The maximum absolute atomic E-state index is 11.5. The minimum absolute atomic E-state index is 0.0670. The highest BCUT2D eigenvalue weighted by atomic mass is 16.5. The van der Waals surface area contributed by atoms with E-state index in [2.05, 4.69) is 5.32 Å².